The van der Waals surface area contributed by atoms with Crippen LogP contribution in [0.2, 0.25) is 0 Å². The molecule has 6 nitrogen and oxygen atoms in total. The number of alkyl halides is 6. The van der Waals surface area contributed by atoms with Crippen molar-refractivity contribution in [2.75, 3.05) is 23.7 Å². The first-order valence-electron chi connectivity index (χ1n) is 10.9. The van der Waals surface area contributed by atoms with Gasteiger partial charge in [0.2, 0.25) is 0 Å². The molecule has 0 spiro atoms. The van der Waals surface area contributed by atoms with Crippen LogP contribution in [-0.2, 0) is 18.9 Å². The lowest BCUT2D eigenvalue weighted by molar-refractivity contribution is -0.138. The molecule has 0 aliphatic rings. The molecule has 4 amide bonds. The molecule has 0 heterocycles. The van der Waals surface area contributed by atoms with E-state index in [0.717, 1.165) is 54.1 Å². The Balaban J connectivity index is 1.59. The molecule has 3 aromatic carbocycles. The number of hydrogen-bond donors (Lipinski definition) is 3. The van der Waals surface area contributed by atoms with E-state index in [9.17, 15) is 35.9 Å². The average Bonchev–Trinajstić information content (AvgIpc) is 2.83. The van der Waals surface area contributed by atoms with E-state index in [1.54, 1.807) is 30.3 Å². The minimum absolute atomic E-state index is 0.0142. The minimum Gasteiger partial charge on any atom is -0.336 e. The molecular weight excluding hydrogens is 502 g/mol. The molecule has 0 fully saturated rings. The Morgan fingerprint density at radius 1 is 0.676 bits per heavy atom. The highest BCUT2D eigenvalue weighted by Crippen LogP contribution is 2.30. The molecule has 196 valence electrons. The fourth-order valence-electron chi connectivity index (χ4n) is 3.22. The van der Waals surface area contributed by atoms with Gasteiger partial charge in [-0.2, -0.15) is 26.3 Å². The van der Waals surface area contributed by atoms with Gasteiger partial charge in [0.05, 0.1) is 11.1 Å². The van der Waals surface area contributed by atoms with Gasteiger partial charge in [-0.15, -0.1) is 0 Å². The maximum Gasteiger partial charge on any atom is 0.416 e. The van der Waals surface area contributed by atoms with Crippen molar-refractivity contribution in [3.8, 4) is 0 Å². The lowest BCUT2D eigenvalue weighted by atomic mass is 10.2. The Bertz CT molecular complexity index is 1180. The molecule has 0 bridgehead atoms. The zero-order valence-electron chi connectivity index (χ0n) is 19.2. The fraction of sp³-hybridized carbons (Fsp3) is 0.200. The molecule has 0 aromatic heterocycles. The minimum atomic E-state index is -4.51. The number of halogens is 6. The topological polar surface area (TPSA) is 73.5 Å². The number of hydrogen-bond acceptors (Lipinski definition) is 2. The Kier molecular flexibility index (Phi) is 8.64. The van der Waals surface area contributed by atoms with Gasteiger partial charge in [0.1, 0.15) is 0 Å². The van der Waals surface area contributed by atoms with Crippen LogP contribution >= 0.6 is 0 Å². The lowest BCUT2D eigenvalue weighted by Gasteiger charge is -2.24. The Labute approximate surface area is 208 Å². The van der Waals surface area contributed by atoms with Crippen LogP contribution in [0.5, 0.6) is 0 Å². The van der Waals surface area contributed by atoms with Crippen molar-refractivity contribution in [3.63, 3.8) is 0 Å². The number of benzene rings is 3. The number of amides is 4. The van der Waals surface area contributed by atoms with Crippen molar-refractivity contribution >= 4 is 23.4 Å². The molecule has 0 saturated carbocycles. The molecule has 3 aromatic rings. The summed E-state index contributed by atoms with van der Waals surface area (Å²) in [4.78, 5) is 26.4. The number of urea groups is 2. The van der Waals surface area contributed by atoms with E-state index in [1.165, 1.54) is 4.90 Å². The Hall–Kier alpha value is -4.22. The van der Waals surface area contributed by atoms with Crippen molar-refractivity contribution in [1.29, 1.82) is 0 Å². The van der Waals surface area contributed by atoms with E-state index < -0.39 is 35.5 Å². The van der Waals surface area contributed by atoms with Crippen LogP contribution in [0.4, 0.5) is 47.3 Å². The zero-order chi connectivity index (χ0) is 27.1. The third-order valence-corrected chi connectivity index (χ3v) is 5.10. The van der Waals surface area contributed by atoms with Crippen LogP contribution in [-0.4, -0.2) is 30.1 Å². The summed E-state index contributed by atoms with van der Waals surface area (Å²) in [5.74, 6) is 0. The summed E-state index contributed by atoms with van der Waals surface area (Å²) in [7, 11) is 0. The van der Waals surface area contributed by atoms with Crippen molar-refractivity contribution in [1.82, 2.24) is 10.2 Å². The molecule has 3 N–H and O–H groups in total. The second-order valence-corrected chi connectivity index (χ2v) is 7.87. The Morgan fingerprint density at radius 3 is 1.65 bits per heavy atom. The van der Waals surface area contributed by atoms with E-state index in [0.29, 0.717) is 0 Å². The normalized spacial score (nSPS) is 11.5. The van der Waals surface area contributed by atoms with Crippen LogP contribution in [0.25, 0.3) is 0 Å². The zero-order valence-corrected chi connectivity index (χ0v) is 19.2. The maximum atomic E-state index is 12.9. The molecule has 0 aliphatic carbocycles. The number of nitrogens with one attached hydrogen (secondary N) is 3. The van der Waals surface area contributed by atoms with Crippen molar-refractivity contribution < 1.29 is 35.9 Å². The number of nitrogens with zero attached hydrogens (tertiary/aromatic N) is 1. The SMILES string of the molecule is O=C(NCCN(Cc1ccccc1)C(=O)Nc1ccc(C(F)(F)F)cc1)Nc1ccc(C(F)(F)F)cc1. The maximum absolute atomic E-state index is 12.9. The molecule has 37 heavy (non-hydrogen) atoms. The first-order chi connectivity index (χ1) is 17.4. The smallest absolute Gasteiger partial charge is 0.336 e. The van der Waals surface area contributed by atoms with E-state index in [2.05, 4.69) is 16.0 Å². The average molecular weight is 524 g/mol. The third-order valence-electron chi connectivity index (χ3n) is 5.10. The third kappa shape index (κ3) is 8.44. The Morgan fingerprint density at radius 2 is 1.16 bits per heavy atom. The second-order valence-electron chi connectivity index (χ2n) is 7.87. The van der Waals surface area contributed by atoms with Crippen molar-refractivity contribution in [3.05, 3.63) is 95.6 Å². The standard InChI is InChI=1S/C25H22F6N4O2/c26-24(27,28)18-6-10-20(11-7-18)33-22(36)32-14-15-35(16-17-4-2-1-3-5-17)23(37)34-21-12-8-19(9-13-21)25(29,30)31/h1-13H,14-16H2,(H,34,37)(H2,32,33,36). The summed E-state index contributed by atoms with van der Waals surface area (Å²) in [6, 6.07) is 15.5. The van der Waals surface area contributed by atoms with Gasteiger partial charge in [0.25, 0.3) is 0 Å². The lowest BCUT2D eigenvalue weighted by Crippen LogP contribution is -2.41. The van der Waals surface area contributed by atoms with Gasteiger partial charge in [0.15, 0.2) is 0 Å². The number of carbonyl (C=O) groups excluding carboxylic acids is 2. The first kappa shape index (κ1) is 27.4. The summed E-state index contributed by atoms with van der Waals surface area (Å²) in [6.07, 6.45) is -9.00. The highest BCUT2D eigenvalue weighted by Gasteiger charge is 2.30. The fourth-order valence-corrected chi connectivity index (χ4v) is 3.22. The molecule has 0 atom stereocenters. The van der Waals surface area contributed by atoms with Gasteiger partial charge in [-0.25, -0.2) is 9.59 Å². The highest BCUT2D eigenvalue weighted by molar-refractivity contribution is 5.90. The van der Waals surface area contributed by atoms with E-state index in [1.807, 2.05) is 0 Å². The molecular formula is C25H22F6N4O2. The van der Waals surface area contributed by atoms with Crippen molar-refractivity contribution in [2.45, 2.75) is 18.9 Å². The number of anilines is 2. The highest BCUT2D eigenvalue weighted by atomic mass is 19.4. The monoisotopic (exact) mass is 524 g/mol. The summed E-state index contributed by atoms with van der Waals surface area (Å²) < 4.78 is 76.3. The van der Waals surface area contributed by atoms with Crippen LogP contribution in [0.1, 0.15) is 16.7 Å². The number of carbonyl (C=O) groups is 2. The summed E-state index contributed by atoms with van der Waals surface area (Å²) in [5, 5.41) is 7.45. The van der Waals surface area contributed by atoms with Gasteiger partial charge in [-0.05, 0) is 54.1 Å². The van der Waals surface area contributed by atoms with Gasteiger partial charge in [-0.1, -0.05) is 30.3 Å². The molecule has 12 heteroatoms. The second kappa shape index (κ2) is 11.7. The predicted molar refractivity (Wildman–Crippen MR) is 126 cm³/mol. The summed E-state index contributed by atoms with van der Waals surface area (Å²) in [5.41, 5.74) is -0.626. The first-order valence-corrected chi connectivity index (χ1v) is 10.9. The molecule has 3 rings (SSSR count). The van der Waals surface area contributed by atoms with Gasteiger partial charge < -0.3 is 20.9 Å². The quantitative estimate of drug-likeness (QED) is 0.306. The van der Waals surface area contributed by atoms with Gasteiger partial charge in [0, 0.05) is 31.0 Å². The molecule has 0 saturated heterocycles. The van der Waals surface area contributed by atoms with Crippen LogP contribution in [0.15, 0.2) is 78.9 Å². The summed E-state index contributed by atoms with van der Waals surface area (Å²) in [6.45, 7) is 0.164. The van der Waals surface area contributed by atoms with Gasteiger partial charge >= 0.3 is 24.4 Å². The molecule has 0 unspecified atom stereocenters. The van der Waals surface area contributed by atoms with Crippen molar-refractivity contribution in [2.24, 2.45) is 0 Å². The summed E-state index contributed by atoms with van der Waals surface area (Å²) >= 11 is 0. The predicted octanol–water partition coefficient (Wildman–Crippen LogP) is 6.58. The van der Waals surface area contributed by atoms with Crippen LogP contribution in [0, 0.1) is 0 Å². The van der Waals surface area contributed by atoms with Gasteiger partial charge in [-0.3, -0.25) is 0 Å². The van der Waals surface area contributed by atoms with E-state index >= 15 is 0 Å². The number of rotatable bonds is 7. The van der Waals surface area contributed by atoms with E-state index in [-0.39, 0.29) is 31.0 Å². The largest absolute Gasteiger partial charge is 0.416 e. The van der Waals surface area contributed by atoms with Crippen LogP contribution < -0.4 is 16.0 Å². The molecule has 0 aliphatic heterocycles. The molecule has 0 radical (unpaired) electrons. The van der Waals surface area contributed by atoms with E-state index in [4.69, 9.17) is 0 Å². The van der Waals surface area contributed by atoms with Crippen LogP contribution in [0.3, 0.4) is 0 Å².